The van der Waals surface area contributed by atoms with Gasteiger partial charge in [-0.15, -0.1) is 0 Å². The van der Waals surface area contributed by atoms with Gasteiger partial charge in [0.2, 0.25) is 5.91 Å². The molecule has 1 N–H and O–H groups in total. The smallest absolute Gasteiger partial charge is 0.248 e. The second kappa shape index (κ2) is 7.05. The lowest BCUT2D eigenvalue weighted by Crippen LogP contribution is -2.66. The van der Waals surface area contributed by atoms with Crippen molar-refractivity contribution in [3.63, 3.8) is 0 Å². The third-order valence-electron chi connectivity index (χ3n) is 6.05. The fourth-order valence-corrected chi connectivity index (χ4v) is 4.71. The number of rotatable bonds is 6. The Morgan fingerprint density at radius 1 is 1.40 bits per heavy atom. The first kappa shape index (κ1) is 17.0. The van der Waals surface area contributed by atoms with E-state index in [1.54, 1.807) is 0 Å². The van der Waals surface area contributed by atoms with E-state index in [-0.39, 0.29) is 12.5 Å². The van der Waals surface area contributed by atoms with Crippen LogP contribution < -0.4 is 0 Å². The summed E-state index contributed by atoms with van der Waals surface area (Å²) in [5.74, 6) is 0.695. The number of nitrogens with one attached hydrogen (secondary N) is 1. The fraction of sp³-hybridized carbons (Fsp3) is 0.778. The van der Waals surface area contributed by atoms with E-state index in [1.807, 2.05) is 17.3 Å². The first-order valence-corrected chi connectivity index (χ1v) is 9.41. The van der Waals surface area contributed by atoms with Gasteiger partial charge in [-0.2, -0.15) is 5.10 Å². The molecule has 25 heavy (non-hydrogen) atoms. The minimum atomic E-state index is 0.161. The van der Waals surface area contributed by atoms with Crippen LogP contribution in [-0.2, 0) is 16.1 Å². The Morgan fingerprint density at radius 2 is 2.20 bits per heavy atom. The van der Waals surface area contributed by atoms with Gasteiger partial charge in [0.25, 0.3) is 0 Å². The lowest BCUT2D eigenvalue weighted by Gasteiger charge is -2.52. The Hall–Kier alpha value is -1.44. The maximum Gasteiger partial charge on any atom is 0.248 e. The van der Waals surface area contributed by atoms with Crippen molar-refractivity contribution in [2.75, 3.05) is 53.0 Å². The molecule has 7 nitrogen and oxygen atoms in total. The highest BCUT2D eigenvalue weighted by Gasteiger charge is 2.51. The minimum Gasteiger partial charge on any atom is -0.371 e. The summed E-state index contributed by atoms with van der Waals surface area (Å²) in [5, 5.41) is 6.89. The number of nitrogens with zero attached hydrogens (tertiary/aromatic N) is 4. The number of aromatic amines is 1. The Balaban J connectivity index is 1.19. The molecule has 0 unspecified atom stereocenters. The summed E-state index contributed by atoms with van der Waals surface area (Å²) in [5.41, 5.74) is 1.55. The Morgan fingerprint density at radius 3 is 2.92 bits per heavy atom. The largest absolute Gasteiger partial charge is 0.371 e. The molecule has 1 amide bonds. The number of likely N-dealkylation sites (tertiary alicyclic amines) is 3. The molecule has 0 bridgehead atoms. The van der Waals surface area contributed by atoms with Crippen molar-refractivity contribution in [1.29, 1.82) is 0 Å². The standard InChI is InChI=1S/C18H29N5O2/c1-21-9-15(11-25-12-17(24)23-4-2-3-5-23)6-18(21)13-22(14-18)10-16-7-19-20-8-16/h7-8,15H,2-6,9-14H2,1H3,(H,19,20)/t15-/m0/s1. The molecule has 7 heteroatoms. The molecule has 1 aromatic heterocycles. The van der Waals surface area contributed by atoms with Gasteiger partial charge >= 0.3 is 0 Å². The van der Waals surface area contributed by atoms with Crippen molar-refractivity contribution in [1.82, 2.24) is 24.9 Å². The van der Waals surface area contributed by atoms with Gasteiger partial charge < -0.3 is 9.64 Å². The molecule has 3 aliphatic rings. The molecule has 4 heterocycles. The van der Waals surface area contributed by atoms with Crippen molar-refractivity contribution >= 4 is 5.91 Å². The van der Waals surface area contributed by atoms with Crippen molar-refractivity contribution in [2.24, 2.45) is 5.92 Å². The molecular weight excluding hydrogens is 318 g/mol. The zero-order valence-corrected chi connectivity index (χ0v) is 15.1. The van der Waals surface area contributed by atoms with E-state index in [1.165, 1.54) is 12.0 Å². The molecule has 0 saturated carbocycles. The summed E-state index contributed by atoms with van der Waals surface area (Å²) in [6.07, 6.45) is 7.31. The lowest BCUT2D eigenvalue weighted by molar-refractivity contribution is -0.135. The summed E-state index contributed by atoms with van der Waals surface area (Å²) in [6, 6.07) is 0. The van der Waals surface area contributed by atoms with Gasteiger partial charge in [0, 0.05) is 56.6 Å². The van der Waals surface area contributed by atoms with E-state index in [2.05, 4.69) is 27.0 Å². The van der Waals surface area contributed by atoms with Crippen molar-refractivity contribution in [3.8, 4) is 0 Å². The lowest BCUT2D eigenvalue weighted by atomic mass is 9.84. The first-order chi connectivity index (χ1) is 12.1. The van der Waals surface area contributed by atoms with Crippen LogP contribution in [0.1, 0.15) is 24.8 Å². The normalized spacial score (nSPS) is 26.4. The molecule has 1 atom stereocenters. The molecule has 0 aromatic carbocycles. The van der Waals surface area contributed by atoms with Gasteiger partial charge in [-0.3, -0.25) is 19.7 Å². The summed E-state index contributed by atoms with van der Waals surface area (Å²) >= 11 is 0. The summed E-state index contributed by atoms with van der Waals surface area (Å²) < 4.78 is 5.77. The van der Waals surface area contributed by atoms with Crippen LogP contribution in [0.5, 0.6) is 0 Å². The first-order valence-electron chi connectivity index (χ1n) is 9.41. The molecule has 0 radical (unpaired) electrons. The van der Waals surface area contributed by atoms with Crippen LogP contribution in [0.15, 0.2) is 12.4 Å². The van der Waals surface area contributed by atoms with Crippen LogP contribution in [-0.4, -0.2) is 89.3 Å². The van der Waals surface area contributed by atoms with Crippen LogP contribution in [0.4, 0.5) is 0 Å². The zero-order valence-electron chi connectivity index (χ0n) is 15.1. The van der Waals surface area contributed by atoms with Gasteiger partial charge in [-0.05, 0) is 32.2 Å². The highest BCUT2D eigenvalue weighted by molar-refractivity contribution is 5.77. The minimum absolute atomic E-state index is 0.161. The SMILES string of the molecule is CN1C[C@@H](COCC(=O)N2CCCC2)CC12CN(Cc1cn[nH]c1)C2. The van der Waals surface area contributed by atoms with Crippen LogP contribution in [0.3, 0.4) is 0 Å². The van der Waals surface area contributed by atoms with Crippen molar-refractivity contribution < 1.29 is 9.53 Å². The van der Waals surface area contributed by atoms with E-state index in [0.717, 1.165) is 52.1 Å². The van der Waals surface area contributed by atoms with Crippen LogP contribution in [0.25, 0.3) is 0 Å². The maximum atomic E-state index is 12.0. The molecule has 1 aromatic rings. The van der Waals surface area contributed by atoms with Gasteiger partial charge in [-0.1, -0.05) is 0 Å². The second-order valence-corrected chi connectivity index (χ2v) is 8.03. The second-order valence-electron chi connectivity index (χ2n) is 8.03. The molecule has 3 saturated heterocycles. The number of carbonyl (C=O) groups excluding carboxylic acids is 1. The number of ether oxygens (including phenoxy) is 1. The van der Waals surface area contributed by atoms with Crippen molar-refractivity contribution in [3.05, 3.63) is 18.0 Å². The average molecular weight is 347 g/mol. The number of hydrogen-bond acceptors (Lipinski definition) is 5. The number of H-pyrrole nitrogens is 1. The average Bonchev–Trinajstić information content (AvgIpc) is 3.28. The Labute approximate surface area is 149 Å². The monoisotopic (exact) mass is 347 g/mol. The van der Waals surface area contributed by atoms with E-state index in [4.69, 9.17) is 4.74 Å². The molecular formula is C18H29N5O2. The third-order valence-corrected chi connectivity index (χ3v) is 6.05. The zero-order chi connectivity index (χ0) is 17.3. The summed E-state index contributed by atoms with van der Waals surface area (Å²) in [7, 11) is 2.23. The van der Waals surface area contributed by atoms with E-state index >= 15 is 0 Å². The van der Waals surface area contributed by atoms with Gasteiger partial charge in [0.15, 0.2) is 0 Å². The number of aromatic nitrogens is 2. The van der Waals surface area contributed by atoms with E-state index in [9.17, 15) is 4.79 Å². The molecule has 0 aliphatic carbocycles. The Bertz CT molecular complexity index is 578. The highest BCUT2D eigenvalue weighted by Crippen LogP contribution is 2.39. The molecule has 3 fully saturated rings. The van der Waals surface area contributed by atoms with Gasteiger partial charge in [-0.25, -0.2) is 0 Å². The van der Waals surface area contributed by atoms with E-state index in [0.29, 0.717) is 18.1 Å². The highest BCUT2D eigenvalue weighted by atomic mass is 16.5. The van der Waals surface area contributed by atoms with Crippen LogP contribution in [0, 0.1) is 5.92 Å². The maximum absolute atomic E-state index is 12.0. The Kier molecular flexibility index (Phi) is 4.80. The quantitative estimate of drug-likeness (QED) is 0.814. The predicted octanol–water partition coefficient (Wildman–Crippen LogP) is 0.555. The molecule has 138 valence electrons. The third kappa shape index (κ3) is 3.59. The van der Waals surface area contributed by atoms with E-state index < -0.39 is 0 Å². The summed E-state index contributed by atoms with van der Waals surface area (Å²) in [4.78, 5) is 19.0. The fourth-order valence-electron chi connectivity index (χ4n) is 4.71. The number of hydrogen-bond donors (Lipinski definition) is 1. The molecule has 3 aliphatic heterocycles. The summed E-state index contributed by atoms with van der Waals surface area (Å²) in [6.45, 7) is 7.02. The number of amides is 1. The van der Waals surface area contributed by atoms with Gasteiger partial charge in [0.05, 0.1) is 12.8 Å². The topological polar surface area (TPSA) is 64.7 Å². The number of likely N-dealkylation sites (N-methyl/N-ethyl adjacent to an activating group) is 1. The molecule has 4 rings (SSSR count). The van der Waals surface area contributed by atoms with Crippen LogP contribution in [0.2, 0.25) is 0 Å². The number of carbonyl (C=O) groups is 1. The predicted molar refractivity (Wildman–Crippen MR) is 94.0 cm³/mol. The van der Waals surface area contributed by atoms with Crippen LogP contribution >= 0.6 is 0 Å². The van der Waals surface area contributed by atoms with Crippen molar-refractivity contribution in [2.45, 2.75) is 31.3 Å². The van der Waals surface area contributed by atoms with Gasteiger partial charge in [0.1, 0.15) is 6.61 Å². The molecule has 1 spiro atoms.